The van der Waals surface area contributed by atoms with Crippen LogP contribution in [0.5, 0.6) is 0 Å². The van der Waals surface area contributed by atoms with Gasteiger partial charge in [0, 0.05) is 17.5 Å². The molecule has 2 heterocycles. The van der Waals surface area contributed by atoms with Gasteiger partial charge in [0.05, 0.1) is 22.3 Å². The molecular formula is C22H18F2N4O2S2. The number of benzene rings is 2. The van der Waals surface area contributed by atoms with E-state index >= 15 is 0 Å². The van der Waals surface area contributed by atoms with Crippen LogP contribution in [-0.4, -0.2) is 26.2 Å². The van der Waals surface area contributed by atoms with Crippen LogP contribution in [0.25, 0.3) is 22.2 Å². The zero-order valence-corrected chi connectivity index (χ0v) is 18.6. The number of halogens is 2. The molecule has 2 aromatic heterocycles. The van der Waals surface area contributed by atoms with E-state index in [1.165, 1.54) is 0 Å². The van der Waals surface area contributed by atoms with Gasteiger partial charge >= 0.3 is 0 Å². The molecule has 4 rings (SSSR count). The number of fused-ring (bicyclic) bond motifs is 1. The lowest BCUT2D eigenvalue weighted by atomic mass is 10.1. The van der Waals surface area contributed by atoms with Crippen molar-refractivity contribution in [2.45, 2.75) is 25.0 Å². The zero-order chi connectivity index (χ0) is 22.7. The highest BCUT2D eigenvalue weighted by atomic mass is 32.2. The molecule has 1 amide bonds. The predicted molar refractivity (Wildman–Crippen MR) is 123 cm³/mol. The molecule has 32 heavy (non-hydrogen) atoms. The molecule has 1 N–H and O–H groups in total. The quantitative estimate of drug-likeness (QED) is 0.305. The Balaban J connectivity index is 1.48. The minimum atomic E-state index is -0.596. The number of thiazole rings is 1. The summed E-state index contributed by atoms with van der Waals surface area (Å²) in [6.07, 6.45) is 0.748. The van der Waals surface area contributed by atoms with Crippen molar-refractivity contribution in [3.8, 4) is 11.3 Å². The van der Waals surface area contributed by atoms with Gasteiger partial charge in [0.1, 0.15) is 11.6 Å². The van der Waals surface area contributed by atoms with E-state index in [0.29, 0.717) is 22.6 Å². The number of nitrogens with one attached hydrogen (secondary N) is 1. The fourth-order valence-electron chi connectivity index (χ4n) is 3.11. The molecule has 0 fully saturated rings. The predicted octanol–water partition coefficient (Wildman–Crippen LogP) is 4.94. The van der Waals surface area contributed by atoms with Crippen LogP contribution in [0, 0.1) is 11.6 Å². The second-order valence-corrected chi connectivity index (χ2v) is 8.67. The van der Waals surface area contributed by atoms with Crippen LogP contribution in [0.2, 0.25) is 0 Å². The van der Waals surface area contributed by atoms with Gasteiger partial charge in [-0.05, 0) is 36.8 Å². The first-order valence-electron chi connectivity index (χ1n) is 9.79. The van der Waals surface area contributed by atoms with E-state index in [9.17, 15) is 18.4 Å². The Kier molecular flexibility index (Phi) is 6.61. The number of thioether (sulfide) groups is 1. The normalized spacial score (nSPS) is 11.1. The molecule has 4 aromatic rings. The fourth-order valence-corrected chi connectivity index (χ4v) is 4.66. The molecule has 0 bridgehead atoms. The molecule has 0 atom stereocenters. The van der Waals surface area contributed by atoms with Crippen molar-refractivity contribution in [2.75, 3.05) is 11.1 Å². The largest absolute Gasteiger partial charge is 0.301 e. The van der Waals surface area contributed by atoms with Gasteiger partial charge in [-0.2, -0.15) is 0 Å². The lowest BCUT2D eigenvalue weighted by Gasteiger charge is -2.12. The monoisotopic (exact) mass is 472 g/mol. The molecule has 6 nitrogen and oxygen atoms in total. The van der Waals surface area contributed by atoms with Gasteiger partial charge < -0.3 is 5.32 Å². The number of hydrogen-bond acceptors (Lipinski definition) is 6. The van der Waals surface area contributed by atoms with Crippen LogP contribution in [0.3, 0.4) is 0 Å². The summed E-state index contributed by atoms with van der Waals surface area (Å²) >= 11 is 2.27. The Bertz CT molecular complexity index is 1350. The first kappa shape index (κ1) is 22.1. The molecule has 0 aliphatic heterocycles. The summed E-state index contributed by atoms with van der Waals surface area (Å²) in [5, 5.41) is 5.47. The summed E-state index contributed by atoms with van der Waals surface area (Å²) in [6, 6.07) is 10.2. The molecule has 2 aromatic carbocycles. The summed E-state index contributed by atoms with van der Waals surface area (Å²) in [4.78, 5) is 34.0. The van der Waals surface area contributed by atoms with Crippen LogP contribution >= 0.6 is 23.1 Å². The lowest BCUT2D eigenvalue weighted by molar-refractivity contribution is -0.113. The Hall–Kier alpha value is -3.11. The van der Waals surface area contributed by atoms with Gasteiger partial charge in [0.2, 0.25) is 5.91 Å². The zero-order valence-electron chi connectivity index (χ0n) is 17.0. The number of rotatable bonds is 7. The Morgan fingerprint density at radius 1 is 1.19 bits per heavy atom. The summed E-state index contributed by atoms with van der Waals surface area (Å²) in [7, 11) is 0. The Morgan fingerprint density at radius 3 is 2.81 bits per heavy atom. The first-order valence-corrected chi connectivity index (χ1v) is 11.7. The molecular weight excluding hydrogens is 454 g/mol. The third-order valence-electron chi connectivity index (χ3n) is 4.56. The lowest BCUT2D eigenvalue weighted by Crippen LogP contribution is -2.24. The van der Waals surface area contributed by atoms with Crippen molar-refractivity contribution >= 4 is 45.0 Å². The first-order chi connectivity index (χ1) is 15.5. The minimum absolute atomic E-state index is 0.0116. The fraction of sp³-hybridized carbons (Fsp3) is 0.182. The van der Waals surface area contributed by atoms with Gasteiger partial charge in [-0.1, -0.05) is 30.8 Å². The second-order valence-electron chi connectivity index (χ2n) is 6.87. The van der Waals surface area contributed by atoms with Gasteiger partial charge in [-0.3, -0.25) is 14.2 Å². The third-order valence-corrected chi connectivity index (χ3v) is 6.30. The van der Waals surface area contributed by atoms with Crippen LogP contribution in [-0.2, 0) is 11.3 Å². The van der Waals surface area contributed by atoms with E-state index < -0.39 is 11.6 Å². The summed E-state index contributed by atoms with van der Waals surface area (Å²) in [5.41, 5.74) is 0.708. The third kappa shape index (κ3) is 4.71. The van der Waals surface area contributed by atoms with Gasteiger partial charge in [-0.25, -0.2) is 18.7 Å². The molecule has 0 saturated carbocycles. The molecule has 0 spiro atoms. The summed E-state index contributed by atoms with van der Waals surface area (Å²) in [6.45, 7) is 2.46. The number of aromatic nitrogens is 3. The highest BCUT2D eigenvalue weighted by molar-refractivity contribution is 7.99. The van der Waals surface area contributed by atoms with E-state index in [4.69, 9.17) is 0 Å². The van der Waals surface area contributed by atoms with Crippen LogP contribution in [0.15, 0.2) is 57.8 Å². The van der Waals surface area contributed by atoms with Crippen molar-refractivity contribution in [2.24, 2.45) is 0 Å². The van der Waals surface area contributed by atoms with Gasteiger partial charge in [-0.15, -0.1) is 11.3 Å². The maximum Gasteiger partial charge on any atom is 0.262 e. The van der Waals surface area contributed by atoms with E-state index in [1.807, 2.05) is 13.0 Å². The van der Waals surface area contributed by atoms with Crippen molar-refractivity contribution in [1.82, 2.24) is 14.5 Å². The van der Waals surface area contributed by atoms with Crippen molar-refractivity contribution in [3.63, 3.8) is 0 Å². The number of nitrogens with zero attached hydrogens (tertiary/aromatic N) is 3. The molecule has 10 heteroatoms. The average molecular weight is 473 g/mol. The number of para-hydroxylation sites is 1. The van der Waals surface area contributed by atoms with Crippen molar-refractivity contribution in [1.29, 1.82) is 0 Å². The number of hydrogen-bond donors (Lipinski definition) is 1. The number of anilines is 1. The van der Waals surface area contributed by atoms with Crippen LogP contribution < -0.4 is 10.9 Å². The van der Waals surface area contributed by atoms with E-state index in [-0.39, 0.29) is 33.6 Å². The standard InChI is InChI=1S/C22H18F2N4O2S2/c1-2-9-28-20(30)14-5-3-4-6-17(14)26-22(28)32-12-19(29)27-21-25-18(11-31-21)15-10-13(23)7-8-16(15)24/h3-8,10-11H,2,9,12H2,1H3,(H,25,27,29). The molecule has 0 saturated heterocycles. The van der Waals surface area contributed by atoms with E-state index in [0.717, 1.165) is 47.7 Å². The SMILES string of the molecule is CCCn1c(SCC(=O)Nc2nc(-c3cc(F)ccc3F)cs2)nc2ccccc2c1=O. The smallest absolute Gasteiger partial charge is 0.262 e. The Morgan fingerprint density at radius 2 is 2.00 bits per heavy atom. The number of amides is 1. The van der Waals surface area contributed by atoms with Crippen LogP contribution in [0.1, 0.15) is 13.3 Å². The molecule has 0 unspecified atom stereocenters. The molecule has 0 aliphatic rings. The minimum Gasteiger partial charge on any atom is -0.301 e. The van der Waals surface area contributed by atoms with E-state index in [1.54, 1.807) is 28.1 Å². The van der Waals surface area contributed by atoms with E-state index in [2.05, 4.69) is 15.3 Å². The van der Waals surface area contributed by atoms with Crippen molar-refractivity contribution in [3.05, 3.63) is 69.8 Å². The summed E-state index contributed by atoms with van der Waals surface area (Å²) in [5.74, 6) is -1.50. The topological polar surface area (TPSA) is 76.9 Å². The number of carbonyl (C=O) groups excluding carboxylic acids is 1. The van der Waals surface area contributed by atoms with Crippen molar-refractivity contribution < 1.29 is 13.6 Å². The second kappa shape index (κ2) is 9.58. The Labute approximate surface area is 190 Å². The summed E-state index contributed by atoms with van der Waals surface area (Å²) < 4.78 is 29.0. The highest BCUT2D eigenvalue weighted by Gasteiger charge is 2.15. The number of carbonyl (C=O) groups is 1. The highest BCUT2D eigenvalue weighted by Crippen LogP contribution is 2.28. The van der Waals surface area contributed by atoms with Gasteiger partial charge in [0.15, 0.2) is 10.3 Å². The maximum atomic E-state index is 14.0. The molecule has 0 radical (unpaired) electrons. The average Bonchev–Trinajstić information content (AvgIpc) is 3.24. The molecule has 164 valence electrons. The van der Waals surface area contributed by atoms with Gasteiger partial charge in [0.25, 0.3) is 5.56 Å². The molecule has 0 aliphatic carbocycles. The van der Waals surface area contributed by atoms with Crippen LogP contribution in [0.4, 0.5) is 13.9 Å². The maximum absolute atomic E-state index is 14.0.